The molecule has 2 atom stereocenters. The lowest BCUT2D eigenvalue weighted by Gasteiger charge is -2.42. The minimum absolute atomic E-state index is 0.0875. The Kier molecular flexibility index (Phi) is 4.95. The van der Waals surface area contributed by atoms with E-state index in [1.165, 1.54) is 0 Å². The normalized spacial score (nSPS) is 26.1. The lowest BCUT2D eigenvalue weighted by Crippen LogP contribution is -2.61. The number of rotatable bonds is 4. The summed E-state index contributed by atoms with van der Waals surface area (Å²) in [7, 11) is 0. The van der Waals surface area contributed by atoms with Gasteiger partial charge in [0, 0.05) is 6.54 Å². The average molecular weight is 242 g/mol. The van der Waals surface area contributed by atoms with Gasteiger partial charge in [-0.1, -0.05) is 20.8 Å². The molecule has 1 rings (SSSR count). The van der Waals surface area contributed by atoms with E-state index in [4.69, 9.17) is 10.5 Å². The van der Waals surface area contributed by atoms with E-state index in [1.807, 2.05) is 25.7 Å². The van der Waals surface area contributed by atoms with Gasteiger partial charge in [-0.2, -0.15) is 0 Å². The molecule has 0 aromatic carbocycles. The molecule has 0 bridgehead atoms. The van der Waals surface area contributed by atoms with Gasteiger partial charge in [-0.25, -0.2) is 0 Å². The van der Waals surface area contributed by atoms with Crippen molar-refractivity contribution >= 4 is 5.91 Å². The maximum atomic E-state index is 12.5. The van der Waals surface area contributed by atoms with Gasteiger partial charge in [-0.05, 0) is 26.2 Å². The molecule has 2 unspecified atom stereocenters. The molecule has 1 saturated heterocycles. The highest BCUT2D eigenvalue weighted by Gasteiger charge is 2.39. The largest absolute Gasteiger partial charge is 0.375 e. The fraction of sp³-hybridized carbons (Fsp3) is 0.923. The van der Waals surface area contributed by atoms with Gasteiger partial charge in [-0.15, -0.1) is 0 Å². The van der Waals surface area contributed by atoms with Crippen LogP contribution in [0, 0.1) is 0 Å². The van der Waals surface area contributed by atoms with Crippen molar-refractivity contribution in [1.29, 1.82) is 0 Å². The molecule has 0 spiro atoms. The Morgan fingerprint density at radius 2 is 2.00 bits per heavy atom. The molecule has 1 amide bonds. The molecular formula is C13H26N2O2. The quantitative estimate of drug-likeness (QED) is 0.813. The highest BCUT2D eigenvalue weighted by Crippen LogP contribution is 2.22. The van der Waals surface area contributed by atoms with Crippen molar-refractivity contribution in [3.05, 3.63) is 0 Å². The summed E-state index contributed by atoms with van der Waals surface area (Å²) in [5.74, 6) is 0.0875. The summed E-state index contributed by atoms with van der Waals surface area (Å²) in [5.41, 5.74) is 5.50. The lowest BCUT2D eigenvalue weighted by molar-refractivity contribution is -0.150. The van der Waals surface area contributed by atoms with E-state index >= 15 is 0 Å². The summed E-state index contributed by atoms with van der Waals surface area (Å²) in [6, 6.07) is 0.180. The molecule has 0 aromatic rings. The van der Waals surface area contributed by atoms with E-state index in [0.717, 1.165) is 6.42 Å². The molecule has 17 heavy (non-hydrogen) atoms. The molecule has 2 N–H and O–H groups in total. The van der Waals surface area contributed by atoms with Crippen LogP contribution in [0.3, 0.4) is 0 Å². The molecule has 0 saturated carbocycles. The third kappa shape index (κ3) is 2.99. The molecule has 1 aliphatic heterocycles. The molecule has 0 aliphatic carbocycles. The first-order chi connectivity index (χ1) is 7.98. The molecule has 0 aromatic heterocycles. The standard InChI is InChI=1S/C13H26N2O2/c1-5-11-9-17-10(4)8-15(11)12(16)13(14,6-2)7-3/h10-11H,5-9,14H2,1-4H3. The zero-order chi connectivity index (χ0) is 13.1. The maximum Gasteiger partial charge on any atom is 0.243 e. The van der Waals surface area contributed by atoms with E-state index in [2.05, 4.69) is 6.92 Å². The van der Waals surface area contributed by atoms with Crippen LogP contribution in [0.25, 0.3) is 0 Å². The highest BCUT2D eigenvalue weighted by molar-refractivity contribution is 5.86. The van der Waals surface area contributed by atoms with E-state index in [9.17, 15) is 4.79 Å². The van der Waals surface area contributed by atoms with Gasteiger partial charge in [0.15, 0.2) is 0 Å². The first-order valence-electron chi connectivity index (χ1n) is 6.70. The van der Waals surface area contributed by atoms with E-state index in [0.29, 0.717) is 26.0 Å². The maximum absolute atomic E-state index is 12.5. The molecule has 0 radical (unpaired) electrons. The minimum Gasteiger partial charge on any atom is -0.375 e. The van der Waals surface area contributed by atoms with Crippen molar-refractivity contribution in [3.63, 3.8) is 0 Å². The lowest BCUT2D eigenvalue weighted by atomic mass is 9.91. The summed E-state index contributed by atoms with van der Waals surface area (Å²) >= 11 is 0. The van der Waals surface area contributed by atoms with Crippen molar-refractivity contribution in [2.75, 3.05) is 13.2 Å². The minimum atomic E-state index is -0.704. The molecular weight excluding hydrogens is 216 g/mol. The number of nitrogens with two attached hydrogens (primary N) is 1. The molecule has 1 aliphatic rings. The Morgan fingerprint density at radius 1 is 1.41 bits per heavy atom. The fourth-order valence-electron chi connectivity index (χ4n) is 2.27. The van der Waals surface area contributed by atoms with Gasteiger partial charge in [0.1, 0.15) is 0 Å². The first-order valence-corrected chi connectivity index (χ1v) is 6.70. The predicted molar refractivity (Wildman–Crippen MR) is 68.7 cm³/mol. The third-order valence-corrected chi connectivity index (χ3v) is 3.89. The van der Waals surface area contributed by atoms with Gasteiger partial charge < -0.3 is 15.4 Å². The summed E-state index contributed by atoms with van der Waals surface area (Å²) in [5, 5.41) is 0. The molecule has 4 heteroatoms. The number of carbonyl (C=O) groups is 1. The number of carbonyl (C=O) groups excluding carboxylic acids is 1. The van der Waals surface area contributed by atoms with Gasteiger partial charge in [0.2, 0.25) is 5.91 Å². The van der Waals surface area contributed by atoms with Crippen molar-refractivity contribution in [1.82, 2.24) is 4.90 Å². The zero-order valence-corrected chi connectivity index (χ0v) is 11.5. The second-order valence-corrected chi connectivity index (χ2v) is 5.03. The fourth-order valence-corrected chi connectivity index (χ4v) is 2.27. The summed E-state index contributed by atoms with van der Waals surface area (Å²) in [6.07, 6.45) is 2.40. The van der Waals surface area contributed by atoms with Crippen LogP contribution in [0.1, 0.15) is 47.0 Å². The van der Waals surface area contributed by atoms with Crippen molar-refractivity contribution in [3.8, 4) is 0 Å². The SMILES string of the molecule is CCC1COC(C)CN1C(=O)C(N)(CC)CC. The number of nitrogens with zero attached hydrogens (tertiary/aromatic N) is 1. The van der Waals surface area contributed by atoms with Crippen LogP contribution in [-0.2, 0) is 9.53 Å². The first kappa shape index (κ1) is 14.5. The monoisotopic (exact) mass is 242 g/mol. The second-order valence-electron chi connectivity index (χ2n) is 5.03. The second kappa shape index (κ2) is 5.83. The molecule has 100 valence electrons. The van der Waals surface area contributed by atoms with Gasteiger partial charge >= 0.3 is 0 Å². The van der Waals surface area contributed by atoms with E-state index in [-0.39, 0.29) is 18.1 Å². The number of morpholine rings is 1. The summed E-state index contributed by atoms with van der Waals surface area (Å²) in [4.78, 5) is 14.5. The Labute approximate surface area is 104 Å². The highest BCUT2D eigenvalue weighted by atomic mass is 16.5. The van der Waals surface area contributed by atoms with E-state index < -0.39 is 5.54 Å². The van der Waals surface area contributed by atoms with Crippen LogP contribution in [0.2, 0.25) is 0 Å². The topological polar surface area (TPSA) is 55.6 Å². The van der Waals surface area contributed by atoms with Crippen LogP contribution in [0.5, 0.6) is 0 Å². The van der Waals surface area contributed by atoms with Gasteiger partial charge in [0.05, 0.1) is 24.3 Å². The Balaban J connectivity index is 2.83. The Bertz CT molecular complexity index is 264. The molecule has 4 nitrogen and oxygen atoms in total. The average Bonchev–Trinajstić information content (AvgIpc) is 2.36. The number of ether oxygens (including phenoxy) is 1. The number of hydrogen-bond donors (Lipinski definition) is 1. The predicted octanol–water partition coefficient (Wildman–Crippen LogP) is 1.53. The Hall–Kier alpha value is -0.610. The van der Waals surface area contributed by atoms with Gasteiger partial charge in [-0.3, -0.25) is 4.79 Å². The third-order valence-electron chi connectivity index (χ3n) is 3.89. The van der Waals surface area contributed by atoms with Crippen molar-refractivity contribution in [2.24, 2.45) is 5.73 Å². The van der Waals surface area contributed by atoms with Gasteiger partial charge in [0.25, 0.3) is 0 Å². The Morgan fingerprint density at radius 3 is 2.47 bits per heavy atom. The number of hydrogen-bond acceptors (Lipinski definition) is 3. The van der Waals surface area contributed by atoms with Crippen LogP contribution in [0.15, 0.2) is 0 Å². The van der Waals surface area contributed by atoms with Crippen LogP contribution in [0.4, 0.5) is 0 Å². The summed E-state index contributed by atoms with van der Waals surface area (Å²) in [6.45, 7) is 9.34. The van der Waals surface area contributed by atoms with E-state index in [1.54, 1.807) is 0 Å². The van der Waals surface area contributed by atoms with Crippen molar-refractivity contribution in [2.45, 2.75) is 64.6 Å². The van der Waals surface area contributed by atoms with Crippen molar-refractivity contribution < 1.29 is 9.53 Å². The summed E-state index contributed by atoms with van der Waals surface area (Å²) < 4.78 is 5.61. The van der Waals surface area contributed by atoms with Crippen LogP contribution in [-0.4, -0.2) is 41.6 Å². The zero-order valence-electron chi connectivity index (χ0n) is 11.5. The smallest absolute Gasteiger partial charge is 0.243 e. The van der Waals surface area contributed by atoms with Crippen LogP contribution >= 0.6 is 0 Å². The number of amides is 1. The van der Waals surface area contributed by atoms with Crippen LogP contribution < -0.4 is 5.73 Å². The molecule has 1 fully saturated rings. The molecule has 1 heterocycles.